The first-order valence-electron chi connectivity index (χ1n) is 8.33. The Morgan fingerprint density at radius 1 is 1.29 bits per heavy atom. The standard InChI is InChI=1S/C18H28O5S/c1-5-6-9-24(21,22)15-7-8-16(17(12-15)23-4)14(10-13(2)3)11-18(19)20/h7-8,12-14H,5-6,9-11H2,1-4H3,(H,19,20). The van der Waals surface area contributed by atoms with Gasteiger partial charge in [-0.1, -0.05) is 33.3 Å². The molecule has 24 heavy (non-hydrogen) atoms. The van der Waals surface area contributed by atoms with Crippen molar-refractivity contribution >= 4 is 15.8 Å². The van der Waals surface area contributed by atoms with Crippen LogP contribution >= 0.6 is 0 Å². The molecule has 0 aliphatic carbocycles. The van der Waals surface area contributed by atoms with Crippen molar-refractivity contribution in [3.63, 3.8) is 0 Å². The Labute approximate surface area is 145 Å². The molecule has 0 radical (unpaired) electrons. The third-order valence-electron chi connectivity index (χ3n) is 3.95. The SMILES string of the molecule is CCCCS(=O)(=O)c1ccc(C(CC(=O)O)CC(C)C)c(OC)c1. The largest absolute Gasteiger partial charge is 0.496 e. The molecule has 0 aromatic heterocycles. The number of carboxylic acid groups (broad SMARTS) is 1. The third kappa shape index (κ3) is 5.82. The van der Waals surface area contributed by atoms with E-state index in [-0.39, 0.29) is 23.0 Å². The van der Waals surface area contributed by atoms with Crippen molar-refractivity contribution in [2.24, 2.45) is 5.92 Å². The molecule has 1 unspecified atom stereocenters. The zero-order valence-electron chi connectivity index (χ0n) is 14.9. The highest BCUT2D eigenvalue weighted by Gasteiger charge is 2.23. The van der Waals surface area contributed by atoms with Gasteiger partial charge in [0.15, 0.2) is 9.84 Å². The lowest BCUT2D eigenvalue weighted by Gasteiger charge is -2.21. The predicted octanol–water partition coefficient (Wildman–Crippen LogP) is 3.87. The van der Waals surface area contributed by atoms with Crippen molar-refractivity contribution in [3.05, 3.63) is 23.8 Å². The minimum atomic E-state index is -3.34. The van der Waals surface area contributed by atoms with Gasteiger partial charge in [0.2, 0.25) is 0 Å². The van der Waals surface area contributed by atoms with E-state index < -0.39 is 15.8 Å². The molecule has 0 spiro atoms. The van der Waals surface area contributed by atoms with E-state index in [2.05, 4.69) is 0 Å². The van der Waals surface area contributed by atoms with Crippen LogP contribution in [0.2, 0.25) is 0 Å². The second-order valence-electron chi connectivity index (χ2n) is 6.50. The lowest BCUT2D eigenvalue weighted by Crippen LogP contribution is -2.12. The number of hydrogen-bond donors (Lipinski definition) is 1. The quantitative estimate of drug-likeness (QED) is 0.688. The highest BCUT2D eigenvalue weighted by Crippen LogP contribution is 2.35. The molecular weight excluding hydrogens is 328 g/mol. The second kappa shape index (κ2) is 9.06. The fourth-order valence-corrected chi connectivity index (χ4v) is 4.24. The zero-order valence-corrected chi connectivity index (χ0v) is 15.7. The van der Waals surface area contributed by atoms with Crippen LogP contribution in [0.3, 0.4) is 0 Å². The van der Waals surface area contributed by atoms with E-state index in [1.807, 2.05) is 20.8 Å². The van der Waals surface area contributed by atoms with Gasteiger partial charge in [-0.2, -0.15) is 0 Å². The van der Waals surface area contributed by atoms with Crippen LogP contribution in [0.1, 0.15) is 57.9 Å². The van der Waals surface area contributed by atoms with Crippen molar-refractivity contribution in [1.29, 1.82) is 0 Å². The number of ether oxygens (including phenoxy) is 1. The summed E-state index contributed by atoms with van der Waals surface area (Å²) in [5, 5.41) is 9.17. The first kappa shape index (κ1) is 20.5. The maximum absolute atomic E-state index is 12.3. The van der Waals surface area contributed by atoms with Crippen LogP contribution in [0.25, 0.3) is 0 Å². The summed E-state index contributed by atoms with van der Waals surface area (Å²) in [6.45, 7) is 6.01. The molecule has 0 saturated carbocycles. The summed E-state index contributed by atoms with van der Waals surface area (Å²) >= 11 is 0. The van der Waals surface area contributed by atoms with Crippen LogP contribution in [-0.2, 0) is 14.6 Å². The van der Waals surface area contributed by atoms with Gasteiger partial charge >= 0.3 is 5.97 Å². The molecule has 1 atom stereocenters. The maximum atomic E-state index is 12.3. The zero-order chi connectivity index (χ0) is 18.3. The van der Waals surface area contributed by atoms with E-state index in [4.69, 9.17) is 9.84 Å². The van der Waals surface area contributed by atoms with Crippen molar-refractivity contribution in [3.8, 4) is 5.75 Å². The summed E-state index contributed by atoms with van der Waals surface area (Å²) in [5.41, 5.74) is 0.753. The van der Waals surface area contributed by atoms with E-state index in [1.165, 1.54) is 13.2 Å². The van der Waals surface area contributed by atoms with E-state index >= 15 is 0 Å². The summed E-state index contributed by atoms with van der Waals surface area (Å²) in [7, 11) is -1.86. The molecule has 6 heteroatoms. The fourth-order valence-electron chi connectivity index (χ4n) is 2.77. The molecule has 5 nitrogen and oxygen atoms in total. The predicted molar refractivity (Wildman–Crippen MR) is 94.4 cm³/mol. The summed E-state index contributed by atoms with van der Waals surface area (Å²) < 4.78 is 30.1. The molecule has 0 aliphatic heterocycles. The van der Waals surface area contributed by atoms with Gasteiger partial charge in [0, 0.05) is 0 Å². The fraction of sp³-hybridized carbons (Fsp3) is 0.611. The number of unbranched alkanes of at least 4 members (excludes halogenated alkanes) is 1. The van der Waals surface area contributed by atoms with Gasteiger partial charge in [-0.3, -0.25) is 4.79 Å². The molecule has 0 heterocycles. The van der Waals surface area contributed by atoms with Gasteiger partial charge in [0.25, 0.3) is 0 Å². The molecule has 0 bridgehead atoms. The number of carbonyl (C=O) groups is 1. The first-order chi connectivity index (χ1) is 11.2. The first-order valence-corrected chi connectivity index (χ1v) is 9.99. The van der Waals surface area contributed by atoms with E-state index in [0.717, 1.165) is 12.0 Å². The lowest BCUT2D eigenvalue weighted by molar-refractivity contribution is -0.137. The Bertz CT molecular complexity index is 649. The smallest absolute Gasteiger partial charge is 0.303 e. The van der Waals surface area contributed by atoms with E-state index in [0.29, 0.717) is 24.5 Å². The number of methoxy groups -OCH3 is 1. The molecule has 136 valence electrons. The van der Waals surface area contributed by atoms with Gasteiger partial charge in [0.05, 0.1) is 24.2 Å². The minimum absolute atomic E-state index is 0.00350. The van der Waals surface area contributed by atoms with Gasteiger partial charge in [-0.25, -0.2) is 8.42 Å². The van der Waals surface area contributed by atoms with Gasteiger partial charge in [0.1, 0.15) is 5.75 Å². The van der Waals surface area contributed by atoms with Crippen molar-refractivity contribution < 1.29 is 23.1 Å². The van der Waals surface area contributed by atoms with Crippen molar-refractivity contribution in [1.82, 2.24) is 0 Å². The third-order valence-corrected chi connectivity index (χ3v) is 5.75. The molecule has 0 aliphatic rings. The van der Waals surface area contributed by atoms with E-state index in [9.17, 15) is 13.2 Å². The number of hydrogen-bond acceptors (Lipinski definition) is 4. The van der Waals surface area contributed by atoms with Crippen molar-refractivity contribution in [2.45, 2.75) is 57.3 Å². The Balaban J connectivity index is 3.22. The van der Waals surface area contributed by atoms with Gasteiger partial charge < -0.3 is 9.84 Å². The monoisotopic (exact) mass is 356 g/mol. The Hall–Kier alpha value is -1.56. The number of rotatable bonds is 10. The van der Waals surface area contributed by atoms with E-state index in [1.54, 1.807) is 12.1 Å². The average Bonchev–Trinajstić information content (AvgIpc) is 2.50. The summed E-state index contributed by atoms with van der Waals surface area (Å²) in [4.78, 5) is 11.4. The molecule has 1 aromatic rings. The Kier molecular flexibility index (Phi) is 7.73. The maximum Gasteiger partial charge on any atom is 0.303 e. The summed E-state index contributed by atoms with van der Waals surface area (Å²) in [6, 6.07) is 4.79. The molecule has 0 amide bonds. The van der Waals surface area contributed by atoms with Crippen LogP contribution in [0.5, 0.6) is 5.75 Å². The minimum Gasteiger partial charge on any atom is -0.496 e. The number of benzene rings is 1. The van der Waals surface area contributed by atoms with Crippen LogP contribution in [0.15, 0.2) is 23.1 Å². The molecule has 0 fully saturated rings. The van der Waals surface area contributed by atoms with Gasteiger partial charge in [-0.05, 0) is 42.4 Å². The molecule has 1 aromatic carbocycles. The molecule has 1 N–H and O–H groups in total. The van der Waals surface area contributed by atoms with Crippen LogP contribution < -0.4 is 4.74 Å². The molecular formula is C18H28O5S. The normalized spacial score (nSPS) is 13.0. The molecule has 0 saturated heterocycles. The van der Waals surface area contributed by atoms with Gasteiger partial charge in [-0.15, -0.1) is 0 Å². The second-order valence-corrected chi connectivity index (χ2v) is 8.61. The number of aliphatic carboxylic acids is 1. The Morgan fingerprint density at radius 3 is 2.46 bits per heavy atom. The number of carboxylic acids is 1. The highest BCUT2D eigenvalue weighted by atomic mass is 32.2. The molecule has 1 rings (SSSR count). The number of sulfone groups is 1. The van der Waals surface area contributed by atoms with Crippen molar-refractivity contribution in [2.75, 3.05) is 12.9 Å². The van der Waals surface area contributed by atoms with Crippen LogP contribution in [0.4, 0.5) is 0 Å². The van der Waals surface area contributed by atoms with Crippen LogP contribution in [0, 0.1) is 5.92 Å². The highest BCUT2D eigenvalue weighted by molar-refractivity contribution is 7.91. The van der Waals surface area contributed by atoms with Crippen LogP contribution in [-0.4, -0.2) is 32.4 Å². The lowest BCUT2D eigenvalue weighted by atomic mass is 9.87. The topological polar surface area (TPSA) is 80.7 Å². The summed E-state index contributed by atoms with van der Waals surface area (Å²) in [6.07, 6.45) is 2.12. The average molecular weight is 356 g/mol. The Morgan fingerprint density at radius 2 is 1.96 bits per heavy atom. The summed E-state index contributed by atoms with van der Waals surface area (Å²) in [5.74, 6) is -0.199.